The quantitative estimate of drug-likeness (QED) is 0.755. The molecule has 1 saturated heterocycles. The van der Waals surface area contributed by atoms with Crippen molar-refractivity contribution in [1.82, 2.24) is 15.5 Å². The molecular formula is C18H37N3O2. The van der Waals surface area contributed by atoms with Crippen molar-refractivity contribution >= 4 is 6.09 Å². The van der Waals surface area contributed by atoms with Gasteiger partial charge in [-0.25, -0.2) is 4.79 Å². The van der Waals surface area contributed by atoms with Gasteiger partial charge in [0.1, 0.15) is 5.60 Å². The summed E-state index contributed by atoms with van der Waals surface area (Å²) in [5, 5.41) is 6.57. The molecule has 2 N–H and O–H groups in total. The Hall–Kier alpha value is -0.810. The van der Waals surface area contributed by atoms with E-state index in [9.17, 15) is 4.79 Å². The van der Waals surface area contributed by atoms with Crippen LogP contribution in [0.3, 0.4) is 0 Å². The molecule has 0 aromatic carbocycles. The van der Waals surface area contributed by atoms with Gasteiger partial charge in [-0.15, -0.1) is 0 Å². The number of ether oxygens (including phenoxy) is 1. The maximum Gasteiger partial charge on any atom is 0.407 e. The molecule has 0 radical (unpaired) electrons. The fourth-order valence-electron chi connectivity index (χ4n) is 2.93. The van der Waals surface area contributed by atoms with Crippen LogP contribution in [0.1, 0.15) is 53.9 Å². The minimum Gasteiger partial charge on any atom is -0.444 e. The zero-order valence-electron chi connectivity index (χ0n) is 15.9. The molecule has 0 bridgehead atoms. The van der Waals surface area contributed by atoms with Crippen LogP contribution in [-0.4, -0.2) is 55.9 Å². The van der Waals surface area contributed by atoms with Crippen LogP contribution in [0.4, 0.5) is 4.79 Å². The number of rotatable bonds is 7. The highest BCUT2D eigenvalue weighted by atomic mass is 16.6. The summed E-state index contributed by atoms with van der Waals surface area (Å²) < 4.78 is 5.32. The van der Waals surface area contributed by atoms with E-state index < -0.39 is 5.60 Å². The lowest BCUT2D eigenvalue weighted by molar-refractivity contribution is 0.0520. The summed E-state index contributed by atoms with van der Waals surface area (Å²) >= 11 is 0. The van der Waals surface area contributed by atoms with Gasteiger partial charge in [-0.3, -0.25) is 0 Å². The van der Waals surface area contributed by atoms with Gasteiger partial charge in [0, 0.05) is 12.6 Å². The molecule has 23 heavy (non-hydrogen) atoms. The molecule has 0 spiro atoms. The van der Waals surface area contributed by atoms with Gasteiger partial charge in [0.25, 0.3) is 0 Å². The fraction of sp³-hybridized carbons (Fsp3) is 0.944. The van der Waals surface area contributed by atoms with Crippen molar-refractivity contribution < 1.29 is 9.53 Å². The third-order valence-corrected chi connectivity index (χ3v) is 4.18. The monoisotopic (exact) mass is 327 g/mol. The largest absolute Gasteiger partial charge is 0.444 e. The van der Waals surface area contributed by atoms with E-state index in [0.29, 0.717) is 18.5 Å². The van der Waals surface area contributed by atoms with Crippen LogP contribution in [0.15, 0.2) is 0 Å². The molecular weight excluding hydrogens is 290 g/mol. The van der Waals surface area contributed by atoms with Crippen LogP contribution in [0.5, 0.6) is 0 Å². The van der Waals surface area contributed by atoms with E-state index in [4.69, 9.17) is 4.74 Å². The van der Waals surface area contributed by atoms with Crippen molar-refractivity contribution in [2.75, 3.05) is 33.2 Å². The number of hydrogen-bond acceptors (Lipinski definition) is 4. The van der Waals surface area contributed by atoms with E-state index in [0.717, 1.165) is 18.9 Å². The summed E-state index contributed by atoms with van der Waals surface area (Å²) in [5.74, 6) is 1.35. The molecule has 0 saturated carbocycles. The van der Waals surface area contributed by atoms with Crippen LogP contribution in [0, 0.1) is 11.8 Å². The molecule has 1 unspecified atom stereocenters. The molecule has 1 atom stereocenters. The fourth-order valence-corrected chi connectivity index (χ4v) is 2.93. The van der Waals surface area contributed by atoms with Gasteiger partial charge in [-0.05, 0) is 78.6 Å². The zero-order valence-corrected chi connectivity index (χ0v) is 15.9. The number of carbonyl (C=O) groups excluding carboxylic acids is 1. The summed E-state index contributed by atoms with van der Waals surface area (Å²) in [6.07, 6.45) is 3.25. The Morgan fingerprint density at radius 2 is 1.87 bits per heavy atom. The first-order valence-corrected chi connectivity index (χ1v) is 9.04. The van der Waals surface area contributed by atoms with Crippen molar-refractivity contribution in [1.29, 1.82) is 0 Å². The molecule has 136 valence electrons. The number of carbonyl (C=O) groups is 1. The van der Waals surface area contributed by atoms with E-state index >= 15 is 0 Å². The Morgan fingerprint density at radius 1 is 1.26 bits per heavy atom. The second-order valence-corrected chi connectivity index (χ2v) is 8.36. The molecule has 5 heteroatoms. The lowest BCUT2D eigenvalue weighted by Crippen LogP contribution is -2.45. The topological polar surface area (TPSA) is 53.6 Å². The first-order chi connectivity index (χ1) is 10.7. The molecule has 5 nitrogen and oxygen atoms in total. The first kappa shape index (κ1) is 20.2. The van der Waals surface area contributed by atoms with Crippen molar-refractivity contribution in [3.8, 4) is 0 Å². The Bertz CT molecular complexity index is 345. The van der Waals surface area contributed by atoms with Crippen LogP contribution < -0.4 is 10.6 Å². The van der Waals surface area contributed by atoms with Gasteiger partial charge in [0.15, 0.2) is 0 Å². The molecule has 0 aliphatic carbocycles. The Labute approximate surface area is 142 Å². The minimum atomic E-state index is -0.445. The summed E-state index contributed by atoms with van der Waals surface area (Å²) in [4.78, 5) is 14.2. The minimum absolute atomic E-state index is 0.308. The van der Waals surface area contributed by atoms with Gasteiger partial charge in [0.2, 0.25) is 0 Å². The molecule has 1 aliphatic rings. The highest BCUT2D eigenvalue weighted by Gasteiger charge is 2.20. The normalized spacial score (nSPS) is 18.9. The predicted octanol–water partition coefficient (Wildman–Crippen LogP) is 2.86. The number of nitrogens with zero attached hydrogens (tertiary/aromatic N) is 1. The third-order valence-electron chi connectivity index (χ3n) is 4.18. The average Bonchev–Trinajstić information content (AvgIpc) is 2.41. The van der Waals surface area contributed by atoms with E-state index in [-0.39, 0.29) is 6.09 Å². The van der Waals surface area contributed by atoms with Gasteiger partial charge < -0.3 is 20.3 Å². The van der Waals surface area contributed by atoms with Crippen molar-refractivity contribution in [3.63, 3.8) is 0 Å². The van der Waals surface area contributed by atoms with Crippen LogP contribution in [-0.2, 0) is 4.74 Å². The predicted molar refractivity (Wildman–Crippen MR) is 95.7 cm³/mol. The molecule has 0 aromatic heterocycles. The highest BCUT2D eigenvalue weighted by molar-refractivity contribution is 5.67. The summed E-state index contributed by atoms with van der Waals surface area (Å²) in [6, 6.07) is 0.308. The van der Waals surface area contributed by atoms with Crippen LogP contribution in [0.2, 0.25) is 0 Å². The van der Waals surface area contributed by atoms with Gasteiger partial charge >= 0.3 is 6.09 Å². The van der Waals surface area contributed by atoms with Gasteiger partial charge in [0.05, 0.1) is 0 Å². The van der Waals surface area contributed by atoms with Crippen molar-refractivity contribution in [2.24, 2.45) is 11.8 Å². The Balaban J connectivity index is 2.35. The summed E-state index contributed by atoms with van der Waals surface area (Å²) in [7, 11) is 2.19. The first-order valence-electron chi connectivity index (χ1n) is 9.04. The molecule has 1 rings (SSSR count). The van der Waals surface area contributed by atoms with E-state index in [1.807, 2.05) is 20.8 Å². The number of hydrogen-bond donors (Lipinski definition) is 2. The molecule has 1 fully saturated rings. The number of amides is 1. The van der Waals surface area contributed by atoms with E-state index in [1.165, 1.54) is 25.9 Å². The standard InChI is InChI=1S/C18H37N3O2/c1-14(2)11-16(13-20-17(22)23-18(3,4)5)19-12-15-7-9-21(6)10-8-15/h14-16,19H,7-13H2,1-6H3,(H,20,22). The summed E-state index contributed by atoms with van der Waals surface area (Å²) in [6.45, 7) is 14.1. The number of likely N-dealkylation sites (tertiary alicyclic amines) is 1. The highest BCUT2D eigenvalue weighted by Crippen LogP contribution is 2.15. The summed E-state index contributed by atoms with van der Waals surface area (Å²) in [5.41, 5.74) is -0.445. The number of alkyl carbamates (subject to hydrolysis) is 1. The second-order valence-electron chi connectivity index (χ2n) is 8.36. The lowest BCUT2D eigenvalue weighted by Gasteiger charge is -2.31. The average molecular weight is 328 g/mol. The van der Waals surface area contributed by atoms with Gasteiger partial charge in [-0.1, -0.05) is 13.8 Å². The number of nitrogens with one attached hydrogen (secondary N) is 2. The molecule has 1 heterocycles. The Kier molecular flexibility index (Phi) is 8.34. The number of piperidine rings is 1. The zero-order chi connectivity index (χ0) is 17.5. The third kappa shape index (κ3) is 9.82. The van der Waals surface area contributed by atoms with E-state index in [2.05, 4.69) is 36.4 Å². The van der Waals surface area contributed by atoms with E-state index in [1.54, 1.807) is 0 Å². The maximum absolute atomic E-state index is 11.8. The lowest BCUT2D eigenvalue weighted by atomic mass is 9.96. The second kappa shape index (κ2) is 9.48. The van der Waals surface area contributed by atoms with Crippen LogP contribution in [0.25, 0.3) is 0 Å². The van der Waals surface area contributed by atoms with Gasteiger partial charge in [-0.2, -0.15) is 0 Å². The smallest absolute Gasteiger partial charge is 0.407 e. The maximum atomic E-state index is 11.8. The SMILES string of the molecule is CC(C)CC(CNC(=O)OC(C)(C)C)NCC1CCN(C)CC1. The molecule has 1 amide bonds. The molecule has 0 aromatic rings. The van der Waals surface area contributed by atoms with Crippen molar-refractivity contribution in [2.45, 2.75) is 65.5 Å². The Morgan fingerprint density at radius 3 is 2.39 bits per heavy atom. The van der Waals surface area contributed by atoms with Crippen LogP contribution >= 0.6 is 0 Å². The molecule has 1 aliphatic heterocycles. The van der Waals surface area contributed by atoms with Crippen molar-refractivity contribution in [3.05, 3.63) is 0 Å².